The normalized spacial score (nSPS) is 22.8. The zero-order chi connectivity index (χ0) is 19.6. The zero-order valence-electron chi connectivity index (χ0n) is 17.6. The lowest BCUT2D eigenvalue weighted by Gasteiger charge is -2.27. The van der Waals surface area contributed by atoms with Gasteiger partial charge in [-0.05, 0) is 32.3 Å². The van der Waals surface area contributed by atoms with Crippen molar-refractivity contribution >= 4 is 30.7 Å². The number of halogens is 2. The number of amides is 1. The highest BCUT2D eigenvalue weighted by atomic mass is 35.5. The molecule has 30 heavy (non-hydrogen) atoms. The SMILES string of the molecule is Cc1noc(C)c1CCCNC(=O)[C@@]12CNC[C@@H]1CN(Cc1ccccc1)C2.Cl.Cl. The molecule has 1 amide bonds. The minimum atomic E-state index is -0.294. The molecular formula is C22H32Cl2N4O2. The minimum Gasteiger partial charge on any atom is -0.361 e. The molecule has 4 rings (SSSR count). The number of nitrogens with zero attached hydrogens (tertiary/aromatic N) is 2. The topological polar surface area (TPSA) is 70.4 Å². The van der Waals surface area contributed by atoms with E-state index in [2.05, 4.69) is 45.0 Å². The van der Waals surface area contributed by atoms with Crippen LogP contribution < -0.4 is 10.6 Å². The Morgan fingerprint density at radius 2 is 2.07 bits per heavy atom. The molecular weight excluding hydrogens is 423 g/mol. The third kappa shape index (κ3) is 4.99. The number of nitrogens with one attached hydrogen (secondary N) is 2. The number of hydrogen-bond acceptors (Lipinski definition) is 5. The first-order chi connectivity index (χ1) is 13.6. The van der Waals surface area contributed by atoms with Crippen molar-refractivity contribution in [3.05, 3.63) is 52.9 Å². The van der Waals surface area contributed by atoms with Crippen molar-refractivity contribution in [3.8, 4) is 0 Å². The van der Waals surface area contributed by atoms with Crippen molar-refractivity contribution in [3.63, 3.8) is 0 Å². The molecule has 8 heteroatoms. The minimum absolute atomic E-state index is 0. The van der Waals surface area contributed by atoms with E-state index in [9.17, 15) is 4.79 Å². The third-order valence-corrected chi connectivity index (χ3v) is 6.37. The Hall–Kier alpha value is -1.60. The molecule has 2 atom stereocenters. The standard InChI is InChI=1S/C22H30N4O2.2ClH/c1-16-20(17(2)28-25-16)9-6-10-24-21(27)22-14-23-11-19(22)13-26(15-22)12-18-7-4-3-5-8-18;;/h3-5,7-8,19,23H,6,9-15H2,1-2H3,(H,24,27);2*1H/t19-,22-;;/m1../s1. The molecule has 0 radical (unpaired) electrons. The maximum Gasteiger partial charge on any atom is 0.229 e. The van der Waals surface area contributed by atoms with E-state index in [1.165, 1.54) is 11.1 Å². The van der Waals surface area contributed by atoms with Gasteiger partial charge in [0.1, 0.15) is 5.76 Å². The average Bonchev–Trinajstić information content (AvgIpc) is 3.33. The summed E-state index contributed by atoms with van der Waals surface area (Å²) in [6.07, 6.45) is 1.78. The van der Waals surface area contributed by atoms with E-state index in [4.69, 9.17) is 4.52 Å². The second-order valence-electron chi connectivity index (χ2n) is 8.30. The summed E-state index contributed by atoms with van der Waals surface area (Å²) in [5, 5.41) is 10.7. The molecule has 2 saturated heterocycles. The molecule has 1 aromatic carbocycles. The fourth-order valence-electron chi connectivity index (χ4n) is 4.81. The van der Waals surface area contributed by atoms with Crippen LogP contribution in [0.25, 0.3) is 0 Å². The number of likely N-dealkylation sites (tertiary alicyclic amines) is 1. The van der Waals surface area contributed by atoms with Crippen LogP contribution in [0.3, 0.4) is 0 Å². The number of aromatic nitrogens is 1. The first-order valence-electron chi connectivity index (χ1n) is 10.3. The van der Waals surface area contributed by atoms with E-state index in [1.54, 1.807) is 0 Å². The van der Waals surface area contributed by atoms with Crippen LogP contribution in [0.1, 0.15) is 29.0 Å². The van der Waals surface area contributed by atoms with E-state index < -0.39 is 0 Å². The van der Waals surface area contributed by atoms with Crippen LogP contribution >= 0.6 is 24.8 Å². The van der Waals surface area contributed by atoms with Gasteiger partial charge in [-0.2, -0.15) is 0 Å². The molecule has 0 aliphatic carbocycles. The zero-order valence-corrected chi connectivity index (χ0v) is 19.3. The van der Waals surface area contributed by atoms with Crippen molar-refractivity contribution in [2.75, 3.05) is 32.7 Å². The van der Waals surface area contributed by atoms with Gasteiger partial charge in [0.2, 0.25) is 5.91 Å². The van der Waals surface area contributed by atoms with E-state index in [0.29, 0.717) is 12.5 Å². The molecule has 0 unspecified atom stereocenters. The van der Waals surface area contributed by atoms with Crippen LogP contribution in [0.2, 0.25) is 0 Å². The van der Waals surface area contributed by atoms with Crippen LogP contribution in [0, 0.1) is 25.2 Å². The number of aryl methyl sites for hydroxylation is 2. The lowest BCUT2D eigenvalue weighted by Crippen LogP contribution is -2.47. The van der Waals surface area contributed by atoms with Gasteiger partial charge in [0.15, 0.2) is 0 Å². The highest BCUT2D eigenvalue weighted by Crippen LogP contribution is 2.39. The highest BCUT2D eigenvalue weighted by Gasteiger charge is 2.54. The van der Waals surface area contributed by atoms with Crippen molar-refractivity contribution in [2.45, 2.75) is 33.2 Å². The number of benzene rings is 1. The summed E-state index contributed by atoms with van der Waals surface area (Å²) in [4.78, 5) is 15.6. The van der Waals surface area contributed by atoms with Gasteiger partial charge in [-0.3, -0.25) is 9.69 Å². The fourth-order valence-corrected chi connectivity index (χ4v) is 4.81. The number of carbonyl (C=O) groups excluding carboxylic acids is 1. The number of rotatable bonds is 7. The lowest BCUT2D eigenvalue weighted by atomic mass is 9.80. The highest BCUT2D eigenvalue weighted by molar-refractivity contribution is 5.85. The summed E-state index contributed by atoms with van der Waals surface area (Å²) >= 11 is 0. The quantitative estimate of drug-likeness (QED) is 0.629. The van der Waals surface area contributed by atoms with Gasteiger partial charge in [-0.1, -0.05) is 35.5 Å². The van der Waals surface area contributed by atoms with Crippen LogP contribution in [0.15, 0.2) is 34.9 Å². The van der Waals surface area contributed by atoms with Crippen molar-refractivity contribution < 1.29 is 9.32 Å². The fraction of sp³-hybridized carbons (Fsp3) is 0.545. The van der Waals surface area contributed by atoms with Gasteiger partial charge in [-0.15, -0.1) is 24.8 Å². The molecule has 166 valence electrons. The van der Waals surface area contributed by atoms with Gasteiger partial charge < -0.3 is 15.2 Å². The molecule has 2 N–H and O–H groups in total. The molecule has 3 heterocycles. The van der Waals surface area contributed by atoms with Crippen LogP contribution in [-0.2, 0) is 17.8 Å². The Bertz CT molecular complexity index is 810. The molecule has 2 aromatic rings. The van der Waals surface area contributed by atoms with Crippen LogP contribution in [0.5, 0.6) is 0 Å². The van der Waals surface area contributed by atoms with E-state index in [0.717, 1.165) is 57.0 Å². The van der Waals surface area contributed by atoms with Gasteiger partial charge >= 0.3 is 0 Å². The van der Waals surface area contributed by atoms with Gasteiger partial charge in [-0.25, -0.2) is 0 Å². The van der Waals surface area contributed by atoms with Gasteiger partial charge in [0.25, 0.3) is 0 Å². The Morgan fingerprint density at radius 1 is 1.30 bits per heavy atom. The van der Waals surface area contributed by atoms with Crippen LogP contribution in [0.4, 0.5) is 0 Å². The molecule has 6 nitrogen and oxygen atoms in total. The molecule has 0 spiro atoms. The van der Waals surface area contributed by atoms with Crippen molar-refractivity contribution in [2.24, 2.45) is 11.3 Å². The third-order valence-electron chi connectivity index (χ3n) is 6.37. The smallest absolute Gasteiger partial charge is 0.229 e. The molecule has 2 aliphatic heterocycles. The average molecular weight is 455 g/mol. The molecule has 0 saturated carbocycles. The molecule has 0 bridgehead atoms. The Morgan fingerprint density at radius 3 is 2.77 bits per heavy atom. The summed E-state index contributed by atoms with van der Waals surface area (Å²) in [5.41, 5.74) is 3.14. The molecule has 2 aliphatic rings. The number of carbonyl (C=O) groups is 1. The van der Waals surface area contributed by atoms with E-state index >= 15 is 0 Å². The first kappa shape index (κ1) is 24.7. The maximum absolute atomic E-state index is 13.1. The monoisotopic (exact) mass is 454 g/mol. The summed E-state index contributed by atoms with van der Waals surface area (Å²) in [7, 11) is 0. The maximum atomic E-state index is 13.1. The van der Waals surface area contributed by atoms with Crippen molar-refractivity contribution in [1.82, 2.24) is 20.7 Å². The van der Waals surface area contributed by atoms with Gasteiger partial charge in [0, 0.05) is 50.7 Å². The number of hydrogen-bond donors (Lipinski definition) is 2. The Labute approximate surface area is 191 Å². The Balaban J connectivity index is 0.00000160. The largest absolute Gasteiger partial charge is 0.361 e. The predicted molar refractivity (Wildman–Crippen MR) is 122 cm³/mol. The second-order valence-corrected chi connectivity index (χ2v) is 8.30. The van der Waals surface area contributed by atoms with E-state index in [1.807, 2.05) is 19.9 Å². The lowest BCUT2D eigenvalue weighted by molar-refractivity contribution is -0.130. The molecule has 1 aromatic heterocycles. The molecule has 2 fully saturated rings. The van der Waals surface area contributed by atoms with Gasteiger partial charge in [0.05, 0.1) is 11.1 Å². The second kappa shape index (κ2) is 10.6. The van der Waals surface area contributed by atoms with Crippen LogP contribution in [-0.4, -0.2) is 48.7 Å². The van der Waals surface area contributed by atoms with E-state index in [-0.39, 0.29) is 36.1 Å². The predicted octanol–water partition coefficient (Wildman–Crippen LogP) is 2.91. The summed E-state index contributed by atoms with van der Waals surface area (Å²) in [6, 6.07) is 10.5. The summed E-state index contributed by atoms with van der Waals surface area (Å²) < 4.78 is 5.22. The first-order valence-corrected chi connectivity index (χ1v) is 10.3. The van der Waals surface area contributed by atoms with Crippen molar-refractivity contribution in [1.29, 1.82) is 0 Å². The number of fused-ring (bicyclic) bond motifs is 1. The summed E-state index contributed by atoms with van der Waals surface area (Å²) in [6.45, 7) is 9.04. The Kier molecular flexibility index (Phi) is 8.73. The summed E-state index contributed by atoms with van der Waals surface area (Å²) in [5.74, 6) is 1.48.